The molecule has 7 nitrogen and oxygen atoms in total. The topological polar surface area (TPSA) is 84.0 Å². The van der Waals surface area contributed by atoms with E-state index in [1.165, 1.54) is 21.0 Å². The molecule has 1 aliphatic heterocycles. The van der Waals surface area contributed by atoms with Crippen LogP contribution in [0.15, 0.2) is 17.2 Å². The van der Waals surface area contributed by atoms with E-state index in [0.29, 0.717) is 4.90 Å². The minimum Gasteiger partial charge on any atom is -0.463 e. The van der Waals surface area contributed by atoms with Gasteiger partial charge in [-0.25, -0.2) is 4.98 Å². The van der Waals surface area contributed by atoms with Gasteiger partial charge in [-0.15, -0.1) is 0 Å². The molecule has 0 saturated carbocycles. The highest BCUT2D eigenvalue weighted by atomic mass is 35.5. The molecule has 0 N–H and O–H groups in total. The minimum atomic E-state index is -4.67. The van der Waals surface area contributed by atoms with E-state index >= 15 is 0 Å². The standard InChI is InChI=1S/C18H21ClF3NO6S/c1-8-14(28-10(3)25)13(7-27-9(2)24)29-17(15(8)26-4)30-11-5-12(19)16(23-6-11)18(20,21)22/h5-6,8,13-15,17H,7H2,1-4H3/t8?,13?,14-,15?,17-/m1/s1. The third-order valence-corrected chi connectivity index (χ3v) is 5.74. The smallest absolute Gasteiger partial charge is 0.434 e. The number of methoxy groups -OCH3 is 1. The first-order valence-electron chi connectivity index (χ1n) is 8.82. The predicted octanol–water partition coefficient (Wildman–Crippen LogP) is 3.72. The van der Waals surface area contributed by atoms with Crippen molar-refractivity contribution in [2.75, 3.05) is 13.7 Å². The Morgan fingerprint density at radius 1 is 1.27 bits per heavy atom. The molecule has 0 bridgehead atoms. The predicted molar refractivity (Wildman–Crippen MR) is 101 cm³/mol. The molecule has 168 valence electrons. The Morgan fingerprint density at radius 3 is 2.43 bits per heavy atom. The second kappa shape index (κ2) is 10.2. The van der Waals surface area contributed by atoms with Crippen molar-refractivity contribution in [3.8, 4) is 0 Å². The van der Waals surface area contributed by atoms with Crippen LogP contribution in [0.25, 0.3) is 0 Å². The molecule has 0 radical (unpaired) electrons. The van der Waals surface area contributed by atoms with Crippen molar-refractivity contribution in [2.24, 2.45) is 5.92 Å². The number of alkyl halides is 3. The summed E-state index contributed by atoms with van der Waals surface area (Å²) in [6.45, 7) is 4.08. The van der Waals surface area contributed by atoms with Gasteiger partial charge in [-0.05, 0) is 6.07 Å². The summed E-state index contributed by atoms with van der Waals surface area (Å²) in [7, 11) is 1.44. The molecule has 2 heterocycles. The van der Waals surface area contributed by atoms with Crippen molar-refractivity contribution in [3.05, 3.63) is 23.0 Å². The first-order chi connectivity index (χ1) is 13.9. The Bertz CT molecular complexity index is 781. The van der Waals surface area contributed by atoms with Gasteiger partial charge in [0.2, 0.25) is 0 Å². The number of aromatic nitrogens is 1. The number of pyridine rings is 1. The summed E-state index contributed by atoms with van der Waals surface area (Å²) >= 11 is 6.79. The normalized spacial score (nSPS) is 26.9. The SMILES string of the molecule is COC1C(C)[C@@H](OC(C)=O)C(COC(C)=O)O[C@@H]1Sc1cnc(C(F)(F)F)c(Cl)c1. The molecule has 1 aromatic heterocycles. The number of nitrogens with zero attached hydrogens (tertiary/aromatic N) is 1. The van der Waals surface area contributed by atoms with Crippen LogP contribution in [0.3, 0.4) is 0 Å². The summed E-state index contributed by atoms with van der Waals surface area (Å²) in [5, 5.41) is -0.542. The van der Waals surface area contributed by atoms with Crippen LogP contribution < -0.4 is 0 Å². The molecular weight excluding hydrogens is 451 g/mol. The van der Waals surface area contributed by atoms with E-state index < -0.39 is 52.6 Å². The third-order valence-electron chi connectivity index (χ3n) is 4.34. The van der Waals surface area contributed by atoms with Crippen molar-refractivity contribution >= 4 is 35.3 Å². The Morgan fingerprint density at radius 2 is 1.93 bits per heavy atom. The van der Waals surface area contributed by atoms with E-state index in [0.717, 1.165) is 24.0 Å². The minimum absolute atomic E-state index is 0.170. The molecule has 5 atom stereocenters. The number of hydrogen-bond acceptors (Lipinski definition) is 8. The van der Waals surface area contributed by atoms with Gasteiger partial charge in [-0.1, -0.05) is 30.3 Å². The molecule has 12 heteroatoms. The number of halogens is 4. The average molecular weight is 472 g/mol. The highest BCUT2D eigenvalue weighted by molar-refractivity contribution is 7.99. The summed E-state index contributed by atoms with van der Waals surface area (Å²) in [5.74, 6) is -1.45. The monoisotopic (exact) mass is 471 g/mol. The second-order valence-corrected chi connectivity index (χ2v) is 8.17. The summed E-state index contributed by atoms with van der Waals surface area (Å²) in [6, 6.07) is 1.14. The van der Waals surface area contributed by atoms with Gasteiger partial charge < -0.3 is 18.9 Å². The van der Waals surface area contributed by atoms with Crippen LogP contribution in [0.2, 0.25) is 5.02 Å². The van der Waals surface area contributed by atoms with Gasteiger partial charge in [0.05, 0.1) is 11.1 Å². The molecule has 0 aliphatic carbocycles. The first kappa shape index (κ1) is 24.7. The van der Waals surface area contributed by atoms with Crippen molar-refractivity contribution in [1.29, 1.82) is 0 Å². The van der Waals surface area contributed by atoms with Crippen LogP contribution in [0.1, 0.15) is 26.5 Å². The summed E-state index contributed by atoms with van der Waals surface area (Å²) in [4.78, 5) is 26.5. The van der Waals surface area contributed by atoms with E-state index in [2.05, 4.69) is 4.98 Å². The second-order valence-electron chi connectivity index (χ2n) is 6.60. The summed E-state index contributed by atoms with van der Waals surface area (Å²) < 4.78 is 60.4. The molecular formula is C18H21ClF3NO6S. The zero-order valence-electron chi connectivity index (χ0n) is 16.6. The van der Waals surface area contributed by atoms with Crippen LogP contribution in [-0.2, 0) is 34.7 Å². The average Bonchev–Trinajstić information content (AvgIpc) is 2.61. The number of rotatable bonds is 6. The molecule has 3 unspecified atom stereocenters. The maximum atomic E-state index is 12.9. The molecule has 2 rings (SSSR count). The van der Waals surface area contributed by atoms with Gasteiger partial charge in [0, 0.05) is 38.0 Å². The van der Waals surface area contributed by atoms with E-state index in [-0.39, 0.29) is 12.5 Å². The largest absolute Gasteiger partial charge is 0.463 e. The number of ether oxygens (including phenoxy) is 4. The lowest BCUT2D eigenvalue weighted by atomic mass is 9.91. The number of esters is 2. The summed E-state index contributed by atoms with van der Waals surface area (Å²) in [6.07, 6.45) is -5.77. The molecule has 0 spiro atoms. The highest BCUT2D eigenvalue weighted by Gasteiger charge is 2.47. The van der Waals surface area contributed by atoms with E-state index in [1.54, 1.807) is 6.92 Å². The quantitative estimate of drug-likeness (QED) is 0.580. The lowest BCUT2D eigenvalue weighted by Gasteiger charge is -2.43. The fraction of sp³-hybridized carbons (Fsp3) is 0.611. The van der Waals surface area contributed by atoms with E-state index in [1.807, 2.05) is 0 Å². The fourth-order valence-electron chi connectivity index (χ4n) is 3.06. The number of hydrogen-bond donors (Lipinski definition) is 0. The first-order valence-corrected chi connectivity index (χ1v) is 10.1. The number of thioether (sulfide) groups is 1. The molecule has 1 aliphatic rings. The molecule has 0 amide bonds. The van der Waals surface area contributed by atoms with Gasteiger partial charge in [-0.3, -0.25) is 9.59 Å². The zero-order valence-corrected chi connectivity index (χ0v) is 18.1. The van der Waals surface area contributed by atoms with Crippen LogP contribution >= 0.6 is 23.4 Å². The lowest BCUT2D eigenvalue weighted by Crippen LogP contribution is -2.55. The highest BCUT2D eigenvalue weighted by Crippen LogP contribution is 2.40. The van der Waals surface area contributed by atoms with E-state index in [9.17, 15) is 22.8 Å². The molecule has 1 fully saturated rings. The van der Waals surface area contributed by atoms with Crippen molar-refractivity contribution in [2.45, 2.75) is 55.6 Å². The van der Waals surface area contributed by atoms with Crippen molar-refractivity contribution < 1.29 is 41.7 Å². The number of carbonyl (C=O) groups is 2. The Hall–Kier alpha value is -1.56. The van der Waals surface area contributed by atoms with Gasteiger partial charge in [0.1, 0.15) is 24.3 Å². The molecule has 30 heavy (non-hydrogen) atoms. The Labute approximate surface area is 180 Å². The molecule has 0 aromatic carbocycles. The van der Waals surface area contributed by atoms with Crippen LogP contribution in [0.5, 0.6) is 0 Å². The maximum Gasteiger partial charge on any atom is 0.434 e. The van der Waals surface area contributed by atoms with Crippen LogP contribution in [0, 0.1) is 5.92 Å². The van der Waals surface area contributed by atoms with Crippen LogP contribution in [-0.4, -0.2) is 54.4 Å². The van der Waals surface area contributed by atoms with Gasteiger partial charge in [0.25, 0.3) is 0 Å². The Balaban J connectivity index is 2.26. The maximum absolute atomic E-state index is 12.9. The van der Waals surface area contributed by atoms with Gasteiger partial charge in [0.15, 0.2) is 5.69 Å². The third kappa shape index (κ3) is 6.22. The fourth-order valence-corrected chi connectivity index (χ4v) is 4.65. The number of carbonyl (C=O) groups excluding carboxylic acids is 2. The van der Waals surface area contributed by atoms with E-state index in [4.69, 9.17) is 30.5 Å². The van der Waals surface area contributed by atoms with Crippen molar-refractivity contribution in [3.63, 3.8) is 0 Å². The lowest BCUT2D eigenvalue weighted by molar-refractivity contribution is -0.208. The Kier molecular flexibility index (Phi) is 8.37. The summed E-state index contributed by atoms with van der Waals surface area (Å²) in [5.41, 5.74) is -1.90. The zero-order chi connectivity index (χ0) is 22.6. The molecule has 1 saturated heterocycles. The molecule has 1 aromatic rings. The van der Waals surface area contributed by atoms with Gasteiger partial charge in [-0.2, -0.15) is 13.2 Å². The van der Waals surface area contributed by atoms with Crippen molar-refractivity contribution in [1.82, 2.24) is 4.98 Å². The van der Waals surface area contributed by atoms with Crippen LogP contribution in [0.4, 0.5) is 13.2 Å². The van der Waals surface area contributed by atoms with Gasteiger partial charge >= 0.3 is 18.1 Å².